The van der Waals surface area contributed by atoms with E-state index in [2.05, 4.69) is 21.2 Å². The first kappa shape index (κ1) is 23.6. The van der Waals surface area contributed by atoms with Crippen LogP contribution in [0.3, 0.4) is 0 Å². The number of nitrogens with zero attached hydrogens (tertiary/aromatic N) is 2. The molecule has 0 saturated carbocycles. The number of rotatable bonds is 8. The van der Waals surface area contributed by atoms with Crippen molar-refractivity contribution in [2.75, 3.05) is 11.9 Å². The zero-order valence-corrected chi connectivity index (χ0v) is 19.5. The molecule has 1 N–H and O–H groups in total. The van der Waals surface area contributed by atoms with Crippen LogP contribution >= 0.6 is 15.9 Å². The van der Waals surface area contributed by atoms with Gasteiger partial charge in [0.2, 0.25) is 15.9 Å². The first-order valence-corrected chi connectivity index (χ1v) is 11.8. The van der Waals surface area contributed by atoms with Crippen molar-refractivity contribution in [2.24, 2.45) is 0 Å². The summed E-state index contributed by atoms with van der Waals surface area (Å²) >= 11 is 3.28. The highest BCUT2D eigenvalue weighted by atomic mass is 79.9. The Morgan fingerprint density at radius 3 is 2.31 bits per heavy atom. The zero-order chi connectivity index (χ0) is 23.3. The van der Waals surface area contributed by atoms with E-state index in [0.29, 0.717) is 5.56 Å². The maximum atomic E-state index is 13.3. The van der Waals surface area contributed by atoms with Crippen molar-refractivity contribution < 1.29 is 18.1 Å². The summed E-state index contributed by atoms with van der Waals surface area (Å²) in [7, 11) is -3.99. The van der Waals surface area contributed by atoms with Gasteiger partial charge in [-0.05, 0) is 42.8 Å². The van der Waals surface area contributed by atoms with Gasteiger partial charge in [0, 0.05) is 17.1 Å². The molecule has 166 valence electrons. The van der Waals surface area contributed by atoms with Crippen LogP contribution in [-0.2, 0) is 21.4 Å². The molecule has 0 heterocycles. The van der Waals surface area contributed by atoms with Crippen LogP contribution in [-0.4, -0.2) is 30.1 Å². The van der Waals surface area contributed by atoms with E-state index in [1.54, 1.807) is 36.4 Å². The van der Waals surface area contributed by atoms with Crippen LogP contribution in [0.5, 0.6) is 0 Å². The van der Waals surface area contributed by atoms with E-state index >= 15 is 0 Å². The van der Waals surface area contributed by atoms with Gasteiger partial charge in [0.25, 0.3) is 5.69 Å². The monoisotopic (exact) mass is 517 g/mol. The van der Waals surface area contributed by atoms with Crippen molar-refractivity contribution in [1.82, 2.24) is 4.31 Å². The van der Waals surface area contributed by atoms with Gasteiger partial charge in [0.15, 0.2) is 0 Å². The van der Waals surface area contributed by atoms with E-state index in [1.165, 1.54) is 37.3 Å². The van der Waals surface area contributed by atoms with Crippen molar-refractivity contribution in [3.05, 3.63) is 98.5 Å². The molecule has 8 nitrogen and oxygen atoms in total. The zero-order valence-electron chi connectivity index (χ0n) is 17.1. The second-order valence-corrected chi connectivity index (χ2v) is 9.82. The van der Waals surface area contributed by atoms with Gasteiger partial charge in [-0.3, -0.25) is 14.9 Å². The number of nitrogens with one attached hydrogen (secondary N) is 1. The summed E-state index contributed by atoms with van der Waals surface area (Å²) < 4.78 is 28.4. The van der Waals surface area contributed by atoms with E-state index in [4.69, 9.17) is 0 Å². The van der Waals surface area contributed by atoms with Crippen LogP contribution in [0.15, 0.2) is 82.2 Å². The van der Waals surface area contributed by atoms with Gasteiger partial charge in [-0.1, -0.05) is 52.3 Å². The number of benzene rings is 3. The molecule has 0 saturated heterocycles. The van der Waals surface area contributed by atoms with Gasteiger partial charge in [-0.2, -0.15) is 4.31 Å². The van der Waals surface area contributed by atoms with E-state index in [-0.39, 0.29) is 28.4 Å². The summed E-state index contributed by atoms with van der Waals surface area (Å²) in [6.07, 6.45) is 0. The highest BCUT2D eigenvalue weighted by Crippen LogP contribution is 2.26. The number of nitro groups is 1. The molecule has 32 heavy (non-hydrogen) atoms. The Bertz CT molecular complexity index is 1230. The van der Waals surface area contributed by atoms with Crippen LogP contribution < -0.4 is 5.32 Å². The number of amides is 1. The highest BCUT2D eigenvalue weighted by molar-refractivity contribution is 9.10. The van der Waals surface area contributed by atoms with Crippen molar-refractivity contribution in [3.8, 4) is 0 Å². The molecule has 1 amide bonds. The summed E-state index contributed by atoms with van der Waals surface area (Å²) in [6.45, 7) is 1.05. The first-order chi connectivity index (χ1) is 15.2. The van der Waals surface area contributed by atoms with Crippen LogP contribution in [0.25, 0.3) is 0 Å². The van der Waals surface area contributed by atoms with Gasteiger partial charge in [0.1, 0.15) is 0 Å². The van der Waals surface area contributed by atoms with Crippen molar-refractivity contribution in [3.63, 3.8) is 0 Å². The molecule has 0 radical (unpaired) electrons. The number of sulfonamides is 1. The number of carbonyl (C=O) groups is 1. The van der Waals surface area contributed by atoms with Crippen LogP contribution in [0.2, 0.25) is 0 Å². The minimum absolute atomic E-state index is 0.0133. The molecule has 3 rings (SSSR count). The normalized spacial score (nSPS) is 11.3. The van der Waals surface area contributed by atoms with Crippen molar-refractivity contribution >= 4 is 43.2 Å². The Morgan fingerprint density at radius 2 is 1.69 bits per heavy atom. The molecule has 0 fully saturated rings. The lowest BCUT2D eigenvalue weighted by Crippen LogP contribution is -2.37. The second-order valence-electron chi connectivity index (χ2n) is 6.97. The highest BCUT2D eigenvalue weighted by Gasteiger charge is 2.27. The third-order valence-electron chi connectivity index (χ3n) is 4.75. The summed E-state index contributed by atoms with van der Waals surface area (Å²) in [6, 6.07) is 19.4. The SMILES string of the molecule is Cc1c(NC(=O)CN(Cc2ccccc2)S(=O)(=O)c2ccc(Br)cc2)cccc1[N+](=O)[O-]. The topological polar surface area (TPSA) is 110 Å². The van der Waals surface area contributed by atoms with E-state index in [9.17, 15) is 23.3 Å². The molecule has 3 aromatic rings. The quantitative estimate of drug-likeness (QED) is 0.349. The molecule has 0 aliphatic carbocycles. The van der Waals surface area contributed by atoms with Crippen molar-refractivity contribution in [2.45, 2.75) is 18.4 Å². The predicted molar refractivity (Wildman–Crippen MR) is 125 cm³/mol. The second kappa shape index (κ2) is 10.0. The van der Waals surface area contributed by atoms with Gasteiger partial charge >= 0.3 is 0 Å². The minimum atomic E-state index is -3.99. The van der Waals surface area contributed by atoms with E-state index in [1.807, 2.05) is 6.07 Å². The molecule has 3 aromatic carbocycles. The Hall–Kier alpha value is -3.08. The lowest BCUT2D eigenvalue weighted by Gasteiger charge is -2.22. The fourth-order valence-electron chi connectivity index (χ4n) is 3.08. The molecule has 0 bridgehead atoms. The largest absolute Gasteiger partial charge is 0.324 e. The number of anilines is 1. The molecule has 0 spiro atoms. The number of carbonyl (C=O) groups excluding carboxylic acids is 1. The molecule has 0 atom stereocenters. The smallest absolute Gasteiger partial charge is 0.274 e. The third-order valence-corrected chi connectivity index (χ3v) is 7.08. The Morgan fingerprint density at radius 1 is 1.03 bits per heavy atom. The van der Waals surface area contributed by atoms with Gasteiger partial charge < -0.3 is 5.32 Å². The molecule has 10 heteroatoms. The van der Waals surface area contributed by atoms with Gasteiger partial charge in [-0.25, -0.2) is 8.42 Å². The summed E-state index contributed by atoms with van der Waals surface area (Å²) in [4.78, 5) is 23.5. The predicted octanol–water partition coefficient (Wildman–Crippen LogP) is 4.50. The van der Waals surface area contributed by atoms with Gasteiger partial charge in [0.05, 0.1) is 27.6 Å². The fraction of sp³-hybridized carbons (Fsp3) is 0.136. The number of hydrogen-bond donors (Lipinski definition) is 1. The molecule has 0 aromatic heterocycles. The van der Waals surface area contributed by atoms with E-state index < -0.39 is 27.4 Å². The van der Waals surface area contributed by atoms with Crippen LogP contribution in [0, 0.1) is 17.0 Å². The molecule has 0 aliphatic rings. The maximum absolute atomic E-state index is 13.3. The standard InChI is InChI=1S/C22H20BrN3O5S/c1-16-20(8-5-9-21(16)26(28)29)24-22(27)15-25(14-17-6-3-2-4-7-17)32(30,31)19-12-10-18(23)11-13-19/h2-13H,14-15H2,1H3,(H,24,27). The Kier molecular flexibility index (Phi) is 7.39. The average molecular weight is 518 g/mol. The first-order valence-electron chi connectivity index (χ1n) is 9.52. The van der Waals surface area contributed by atoms with E-state index in [0.717, 1.165) is 8.78 Å². The lowest BCUT2D eigenvalue weighted by molar-refractivity contribution is -0.385. The fourth-order valence-corrected chi connectivity index (χ4v) is 4.72. The number of hydrogen-bond acceptors (Lipinski definition) is 5. The number of halogens is 1. The summed E-state index contributed by atoms with van der Waals surface area (Å²) in [5.74, 6) is -0.606. The maximum Gasteiger partial charge on any atom is 0.274 e. The summed E-state index contributed by atoms with van der Waals surface area (Å²) in [5.41, 5.74) is 1.13. The van der Waals surface area contributed by atoms with Gasteiger partial charge in [-0.15, -0.1) is 0 Å². The van der Waals surface area contributed by atoms with Crippen LogP contribution in [0.4, 0.5) is 11.4 Å². The number of nitro benzene ring substituents is 1. The lowest BCUT2D eigenvalue weighted by atomic mass is 10.1. The summed E-state index contributed by atoms with van der Waals surface area (Å²) in [5, 5.41) is 13.8. The molecule has 0 unspecified atom stereocenters. The van der Waals surface area contributed by atoms with Crippen molar-refractivity contribution in [1.29, 1.82) is 0 Å². The Balaban J connectivity index is 1.89. The van der Waals surface area contributed by atoms with Crippen LogP contribution in [0.1, 0.15) is 11.1 Å². The Labute approximate surface area is 194 Å². The third kappa shape index (κ3) is 5.58. The molecule has 0 aliphatic heterocycles. The molecular formula is C22H20BrN3O5S. The average Bonchev–Trinajstić information content (AvgIpc) is 2.75. The minimum Gasteiger partial charge on any atom is -0.324 e. The molecular weight excluding hydrogens is 498 g/mol.